The van der Waals surface area contributed by atoms with Crippen molar-refractivity contribution in [2.75, 3.05) is 17.6 Å². The van der Waals surface area contributed by atoms with Crippen LogP contribution in [0.3, 0.4) is 0 Å². The first-order chi connectivity index (χ1) is 8.81. The summed E-state index contributed by atoms with van der Waals surface area (Å²) >= 11 is 0. The van der Waals surface area contributed by atoms with Crippen LogP contribution in [0.5, 0.6) is 0 Å². The Morgan fingerprint density at radius 2 is 1.79 bits per heavy atom. The topological polar surface area (TPSA) is 89.5 Å². The monoisotopic (exact) mass is 285 g/mol. The molecule has 1 N–H and O–H groups in total. The minimum absolute atomic E-state index is 0.226. The van der Waals surface area contributed by atoms with E-state index in [0.29, 0.717) is 11.3 Å². The highest BCUT2D eigenvalue weighted by Gasteiger charge is 2.12. The maximum atomic E-state index is 11.7. The van der Waals surface area contributed by atoms with Crippen molar-refractivity contribution in [1.82, 2.24) is 0 Å². The molecule has 0 aliphatic rings. The fourth-order valence-electron chi connectivity index (χ4n) is 1.38. The SMILES string of the molecule is CCOC(=O)CC(=O)c1ccc(NS(C)(=O)=O)cc1. The summed E-state index contributed by atoms with van der Waals surface area (Å²) in [5.74, 6) is -0.949. The molecule has 0 atom stereocenters. The van der Waals surface area contributed by atoms with E-state index in [1.807, 2.05) is 0 Å². The van der Waals surface area contributed by atoms with Gasteiger partial charge in [-0.1, -0.05) is 0 Å². The molecule has 7 heteroatoms. The number of esters is 1. The molecule has 0 spiro atoms. The minimum atomic E-state index is -3.35. The molecule has 0 aromatic heterocycles. The van der Waals surface area contributed by atoms with E-state index in [1.165, 1.54) is 24.3 Å². The van der Waals surface area contributed by atoms with Gasteiger partial charge in [-0.3, -0.25) is 14.3 Å². The number of ketones is 1. The maximum absolute atomic E-state index is 11.7. The van der Waals surface area contributed by atoms with Gasteiger partial charge in [-0.05, 0) is 31.2 Å². The van der Waals surface area contributed by atoms with Gasteiger partial charge in [0.2, 0.25) is 10.0 Å². The number of sulfonamides is 1. The number of carbonyl (C=O) groups is 2. The molecule has 1 rings (SSSR count). The average Bonchev–Trinajstić information content (AvgIpc) is 2.27. The Morgan fingerprint density at radius 1 is 1.21 bits per heavy atom. The van der Waals surface area contributed by atoms with Crippen molar-refractivity contribution >= 4 is 27.5 Å². The lowest BCUT2D eigenvalue weighted by atomic mass is 10.1. The number of hydrogen-bond acceptors (Lipinski definition) is 5. The number of Topliss-reactive ketones (excluding diaryl/α,β-unsaturated/α-hetero) is 1. The lowest BCUT2D eigenvalue weighted by molar-refractivity contribution is -0.141. The molecular formula is C12H15NO5S. The van der Waals surface area contributed by atoms with Crippen LogP contribution in [0.15, 0.2) is 24.3 Å². The van der Waals surface area contributed by atoms with E-state index in [2.05, 4.69) is 9.46 Å². The van der Waals surface area contributed by atoms with E-state index in [0.717, 1.165) is 6.26 Å². The standard InChI is InChI=1S/C12H15NO5S/c1-3-18-12(15)8-11(14)9-4-6-10(7-5-9)13-19(2,16)17/h4-7,13H,3,8H2,1-2H3. The Balaban J connectivity index is 2.71. The lowest BCUT2D eigenvalue weighted by Gasteiger charge is -2.05. The Morgan fingerprint density at radius 3 is 2.26 bits per heavy atom. The first kappa shape index (κ1) is 15.2. The fraction of sp³-hybridized carbons (Fsp3) is 0.333. The molecule has 0 unspecified atom stereocenters. The molecule has 0 amide bonds. The third kappa shape index (κ3) is 5.52. The van der Waals surface area contributed by atoms with E-state index in [9.17, 15) is 18.0 Å². The summed E-state index contributed by atoms with van der Waals surface area (Å²) in [4.78, 5) is 22.8. The smallest absolute Gasteiger partial charge is 0.313 e. The van der Waals surface area contributed by atoms with Crippen molar-refractivity contribution in [1.29, 1.82) is 0 Å². The van der Waals surface area contributed by atoms with Crippen molar-refractivity contribution in [3.8, 4) is 0 Å². The molecule has 6 nitrogen and oxygen atoms in total. The largest absolute Gasteiger partial charge is 0.466 e. The van der Waals surface area contributed by atoms with Crippen molar-refractivity contribution in [3.63, 3.8) is 0 Å². The lowest BCUT2D eigenvalue weighted by Crippen LogP contribution is -2.12. The second kappa shape index (κ2) is 6.33. The van der Waals surface area contributed by atoms with Crippen LogP contribution in [0.4, 0.5) is 5.69 Å². The van der Waals surface area contributed by atoms with Crippen LogP contribution in [-0.2, 0) is 19.6 Å². The van der Waals surface area contributed by atoms with Crippen LogP contribution >= 0.6 is 0 Å². The van der Waals surface area contributed by atoms with Gasteiger partial charge in [-0.25, -0.2) is 8.42 Å². The number of hydrogen-bond donors (Lipinski definition) is 1. The Labute approximate surface area is 111 Å². The van der Waals surface area contributed by atoms with E-state index in [4.69, 9.17) is 0 Å². The molecule has 0 aliphatic heterocycles. The fourth-order valence-corrected chi connectivity index (χ4v) is 1.95. The number of anilines is 1. The van der Waals surface area contributed by atoms with E-state index in [1.54, 1.807) is 6.92 Å². The van der Waals surface area contributed by atoms with Crippen LogP contribution in [-0.4, -0.2) is 33.0 Å². The maximum Gasteiger partial charge on any atom is 0.313 e. The summed E-state index contributed by atoms with van der Waals surface area (Å²) < 4.78 is 28.9. The number of nitrogens with one attached hydrogen (secondary N) is 1. The Bertz CT molecular complexity index is 562. The molecule has 0 saturated carbocycles. The molecule has 0 bridgehead atoms. The molecule has 1 aromatic rings. The summed E-state index contributed by atoms with van der Waals surface area (Å²) in [5, 5.41) is 0. The zero-order valence-electron chi connectivity index (χ0n) is 10.7. The van der Waals surface area contributed by atoms with Crippen molar-refractivity contribution in [2.24, 2.45) is 0 Å². The number of rotatable bonds is 6. The Kier molecular flexibility index (Phi) is 5.05. The molecular weight excluding hydrogens is 270 g/mol. The van der Waals surface area contributed by atoms with E-state index in [-0.39, 0.29) is 18.8 Å². The summed E-state index contributed by atoms with van der Waals surface area (Å²) in [7, 11) is -3.35. The molecule has 0 saturated heterocycles. The first-order valence-electron chi connectivity index (χ1n) is 5.58. The van der Waals surface area contributed by atoms with Crippen LogP contribution in [0.2, 0.25) is 0 Å². The molecule has 0 radical (unpaired) electrons. The van der Waals surface area contributed by atoms with Crippen molar-refractivity contribution < 1.29 is 22.7 Å². The van der Waals surface area contributed by atoms with Gasteiger partial charge in [0.05, 0.1) is 12.9 Å². The summed E-state index contributed by atoms with van der Waals surface area (Å²) in [6, 6.07) is 5.82. The Hall–Kier alpha value is -1.89. The van der Waals surface area contributed by atoms with Crippen molar-refractivity contribution in [2.45, 2.75) is 13.3 Å². The minimum Gasteiger partial charge on any atom is -0.466 e. The predicted octanol–water partition coefficient (Wildman–Crippen LogP) is 1.19. The number of benzene rings is 1. The molecule has 0 aliphatic carbocycles. The van der Waals surface area contributed by atoms with Crippen LogP contribution in [0, 0.1) is 0 Å². The van der Waals surface area contributed by atoms with Gasteiger partial charge in [0, 0.05) is 11.3 Å². The zero-order valence-corrected chi connectivity index (χ0v) is 11.5. The quantitative estimate of drug-likeness (QED) is 0.482. The third-order valence-corrected chi connectivity index (χ3v) is 2.73. The molecule has 1 aromatic carbocycles. The summed E-state index contributed by atoms with van der Waals surface area (Å²) in [6.07, 6.45) is 0.708. The van der Waals surface area contributed by atoms with Gasteiger partial charge in [-0.2, -0.15) is 0 Å². The van der Waals surface area contributed by atoms with Gasteiger partial charge in [-0.15, -0.1) is 0 Å². The highest BCUT2D eigenvalue weighted by Crippen LogP contribution is 2.12. The first-order valence-corrected chi connectivity index (χ1v) is 7.47. The van der Waals surface area contributed by atoms with Crippen LogP contribution in [0.25, 0.3) is 0 Å². The molecule has 0 fully saturated rings. The van der Waals surface area contributed by atoms with Gasteiger partial charge in [0.15, 0.2) is 5.78 Å². The van der Waals surface area contributed by atoms with Crippen molar-refractivity contribution in [3.05, 3.63) is 29.8 Å². The normalized spacial score (nSPS) is 10.8. The second-order valence-corrected chi connectivity index (χ2v) is 5.61. The van der Waals surface area contributed by atoms with Gasteiger partial charge >= 0.3 is 5.97 Å². The van der Waals surface area contributed by atoms with Crippen LogP contribution in [0.1, 0.15) is 23.7 Å². The van der Waals surface area contributed by atoms with E-state index >= 15 is 0 Å². The summed E-state index contributed by atoms with van der Waals surface area (Å²) in [6.45, 7) is 1.89. The molecule has 0 heterocycles. The highest BCUT2D eigenvalue weighted by atomic mass is 32.2. The molecule has 19 heavy (non-hydrogen) atoms. The van der Waals surface area contributed by atoms with Gasteiger partial charge in [0.25, 0.3) is 0 Å². The second-order valence-electron chi connectivity index (χ2n) is 3.86. The predicted molar refractivity (Wildman–Crippen MR) is 70.5 cm³/mol. The summed E-state index contributed by atoms with van der Waals surface area (Å²) in [5.41, 5.74) is 0.683. The molecule has 104 valence electrons. The van der Waals surface area contributed by atoms with E-state index < -0.39 is 16.0 Å². The third-order valence-electron chi connectivity index (χ3n) is 2.12. The number of ether oxygens (including phenoxy) is 1. The van der Waals surface area contributed by atoms with Gasteiger partial charge < -0.3 is 4.74 Å². The van der Waals surface area contributed by atoms with Gasteiger partial charge in [0.1, 0.15) is 6.42 Å². The number of carbonyl (C=O) groups excluding carboxylic acids is 2. The highest BCUT2D eigenvalue weighted by molar-refractivity contribution is 7.92. The zero-order chi connectivity index (χ0) is 14.5. The average molecular weight is 285 g/mol. The van der Waals surface area contributed by atoms with Crippen LogP contribution < -0.4 is 4.72 Å².